The maximum absolute atomic E-state index is 12.4. The molecule has 0 bridgehead atoms. The quantitative estimate of drug-likeness (QED) is 0.633. The van der Waals surface area contributed by atoms with Crippen LogP contribution in [-0.4, -0.2) is 23.6 Å². The maximum atomic E-state index is 12.4. The first kappa shape index (κ1) is 18.9. The molecule has 4 N–H and O–H groups in total. The van der Waals surface area contributed by atoms with Crippen molar-refractivity contribution in [2.45, 2.75) is 31.2 Å². The minimum absolute atomic E-state index is 0.126. The van der Waals surface area contributed by atoms with Crippen molar-refractivity contribution in [3.63, 3.8) is 0 Å². The number of aryl methyl sites for hydroxylation is 1. The molecule has 2 aromatic rings. The average molecular weight is 357 g/mol. The van der Waals surface area contributed by atoms with E-state index in [-0.39, 0.29) is 17.6 Å². The summed E-state index contributed by atoms with van der Waals surface area (Å²) in [6.07, 6.45) is 0.964. The lowest BCUT2D eigenvalue weighted by Gasteiger charge is -2.17. The third kappa shape index (κ3) is 5.83. The van der Waals surface area contributed by atoms with Gasteiger partial charge in [-0.2, -0.15) is 0 Å². The Hall–Kier alpha value is -2.47. The van der Waals surface area contributed by atoms with Crippen LogP contribution in [0.3, 0.4) is 0 Å². The molecule has 6 heteroatoms. The molecule has 0 fully saturated rings. The number of carbonyl (C=O) groups excluding carboxylic acids is 2. The van der Waals surface area contributed by atoms with Crippen molar-refractivity contribution >= 4 is 35.0 Å². The zero-order chi connectivity index (χ0) is 18.2. The van der Waals surface area contributed by atoms with Crippen molar-refractivity contribution in [3.8, 4) is 0 Å². The van der Waals surface area contributed by atoms with Gasteiger partial charge in [0.25, 0.3) is 0 Å². The van der Waals surface area contributed by atoms with E-state index in [0.29, 0.717) is 0 Å². The Labute approximate surface area is 152 Å². The molecule has 0 saturated carbocycles. The fourth-order valence-electron chi connectivity index (χ4n) is 2.23. The highest BCUT2D eigenvalue weighted by molar-refractivity contribution is 8.00. The summed E-state index contributed by atoms with van der Waals surface area (Å²) in [4.78, 5) is 24.3. The van der Waals surface area contributed by atoms with Crippen LogP contribution in [0.15, 0.2) is 53.4 Å². The minimum atomic E-state index is -0.429. The molecule has 1 atom stereocenters. The molecule has 0 saturated heterocycles. The van der Waals surface area contributed by atoms with E-state index in [1.165, 1.54) is 17.3 Å². The molecule has 5 nitrogen and oxygen atoms in total. The molecular weight excluding hydrogens is 334 g/mol. The molecular formula is C19H23N3O2S. The summed E-state index contributed by atoms with van der Waals surface area (Å²) in [5.74, 6) is -0.302. The van der Waals surface area contributed by atoms with E-state index in [9.17, 15) is 9.59 Å². The number of hydrogen-bond acceptors (Lipinski definition) is 4. The summed E-state index contributed by atoms with van der Waals surface area (Å²) in [6, 6.07) is 14.9. The first-order chi connectivity index (χ1) is 12.0. The van der Waals surface area contributed by atoms with E-state index in [4.69, 9.17) is 5.73 Å². The van der Waals surface area contributed by atoms with Crippen LogP contribution in [0.5, 0.6) is 0 Å². The van der Waals surface area contributed by atoms with Crippen LogP contribution in [0.2, 0.25) is 0 Å². The minimum Gasteiger partial charge on any atom is -0.373 e. The topological polar surface area (TPSA) is 84.2 Å². The molecule has 0 radical (unpaired) electrons. The number of nitrogens with one attached hydrogen (secondary N) is 2. The van der Waals surface area contributed by atoms with Gasteiger partial charge in [-0.3, -0.25) is 9.59 Å². The van der Waals surface area contributed by atoms with Crippen molar-refractivity contribution in [3.05, 3.63) is 54.1 Å². The van der Waals surface area contributed by atoms with Gasteiger partial charge in [0.05, 0.1) is 5.75 Å². The zero-order valence-corrected chi connectivity index (χ0v) is 15.2. The van der Waals surface area contributed by atoms with Crippen LogP contribution >= 0.6 is 11.8 Å². The molecule has 2 aromatic carbocycles. The summed E-state index contributed by atoms with van der Waals surface area (Å²) in [5, 5.41) is 6.09. The van der Waals surface area contributed by atoms with E-state index in [2.05, 4.69) is 17.6 Å². The number of anilines is 2. The van der Waals surface area contributed by atoms with Gasteiger partial charge in [0.1, 0.15) is 6.04 Å². The summed E-state index contributed by atoms with van der Waals surface area (Å²) < 4.78 is 0. The molecule has 0 spiro atoms. The zero-order valence-electron chi connectivity index (χ0n) is 14.4. The van der Waals surface area contributed by atoms with Gasteiger partial charge in [-0.05, 0) is 43.2 Å². The Morgan fingerprint density at radius 1 is 1.12 bits per heavy atom. The Kier molecular flexibility index (Phi) is 6.89. The van der Waals surface area contributed by atoms with Crippen LogP contribution in [0.25, 0.3) is 0 Å². The van der Waals surface area contributed by atoms with Gasteiger partial charge in [-0.25, -0.2) is 0 Å². The number of primary amides is 1. The van der Waals surface area contributed by atoms with E-state index < -0.39 is 6.04 Å². The van der Waals surface area contributed by atoms with Gasteiger partial charge in [-0.1, -0.05) is 31.2 Å². The normalized spacial score (nSPS) is 11.6. The average Bonchev–Trinajstić information content (AvgIpc) is 2.61. The van der Waals surface area contributed by atoms with Gasteiger partial charge in [-0.15, -0.1) is 11.8 Å². The first-order valence-electron chi connectivity index (χ1n) is 8.16. The van der Waals surface area contributed by atoms with Gasteiger partial charge in [0, 0.05) is 16.3 Å². The number of para-hydroxylation sites is 1. The van der Waals surface area contributed by atoms with Crippen molar-refractivity contribution in [1.29, 1.82) is 0 Å². The molecule has 0 heterocycles. The standard InChI is InChI=1S/C19H23N3O2S/c1-3-14-8-10-15(11-9-14)22-19(24)13(2)21-16-6-4-5-7-17(16)25-12-18(20)23/h4-11,13,21H,3,12H2,1-2H3,(H2,20,23)(H,22,24)/t13-/m0/s1. The number of hydrogen-bond donors (Lipinski definition) is 3. The fraction of sp³-hybridized carbons (Fsp3) is 0.263. The second kappa shape index (κ2) is 9.13. The Bertz CT molecular complexity index is 732. The lowest BCUT2D eigenvalue weighted by molar-refractivity contribution is -0.117. The second-order valence-corrected chi connectivity index (χ2v) is 6.67. The summed E-state index contributed by atoms with van der Waals surface area (Å²) in [5.41, 5.74) is 8.00. The Morgan fingerprint density at radius 3 is 2.44 bits per heavy atom. The highest BCUT2D eigenvalue weighted by Crippen LogP contribution is 2.27. The molecule has 2 amide bonds. The Morgan fingerprint density at radius 2 is 1.80 bits per heavy atom. The second-order valence-electron chi connectivity index (χ2n) is 5.66. The number of nitrogens with two attached hydrogens (primary N) is 1. The van der Waals surface area contributed by atoms with Crippen molar-refractivity contribution in [1.82, 2.24) is 0 Å². The molecule has 0 unspecified atom stereocenters. The van der Waals surface area contributed by atoms with E-state index >= 15 is 0 Å². The van der Waals surface area contributed by atoms with Gasteiger partial charge in [0.2, 0.25) is 11.8 Å². The van der Waals surface area contributed by atoms with Crippen LogP contribution in [0, 0.1) is 0 Å². The molecule has 0 aromatic heterocycles. The predicted molar refractivity (Wildman–Crippen MR) is 104 cm³/mol. The third-order valence-electron chi connectivity index (χ3n) is 3.65. The number of benzene rings is 2. The SMILES string of the molecule is CCc1ccc(NC(=O)[C@H](C)Nc2ccccc2SCC(N)=O)cc1. The van der Waals surface area contributed by atoms with Crippen LogP contribution in [-0.2, 0) is 16.0 Å². The molecule has 2 rings (SSSR count). The highest BCUT2D eigenvalue weighted by atomic mass is 32.2. The largest absolute Gasteiger partial charge is 0.373 e. The molecule has 0 aliphatic rings. The van der Waals surface area contributed by atoms with Gasteiger partial charge >= 0.3 is 0 Å². The third-order valence-corrected chi connectivity index (χ3v) is 4.75. The monoisotopic (exact) mass is 357 g/mol. The van der Waals surface area contributed by atoms with Crippen LogP contribution in [0.1, 0.15) is 19.4 Å². The van der Waals surface area contributed by atoms with E-state index in [1.54, 1.807) is 6.92 Å². The molecule has 25 heavy (non-hydrogen) atoms. The summed E-state index contributed by atoms with van der Waals surface area (Å²) in [7, 11) is 0. The van der Waals surface area contributed by atoms with Crippen molar-refractivity contribution in [2.75, 3.05) is 16.4 Å². The predicted octanol–water partition coefficient (Wildman–Crippen LogP) is 3.27. The fourth-order valence-corrected chi connectivity index (χ4v) is 2.99. The van der Waals surface area contributed by atoms with E-state index in [1.807, 2.05) is 48.5 Å². The number of rotatable bonds is 8. The lowest BCUT2D eigenvalue weighted by Crippen LogP contribution is -2.32. The van der Waals surface area contributed by atoms with Crippen molar-refractivity contribution in [2.24, 2.45) is 5.73 Å². The van der Waals surface area contributed by atoms with E-state index in [0.717, 1.165) is 22.7 Å². The van der Waals surface area contributed by atoms with Gasteiger partial charge < -0.3 is 16.4 Å². The highest BCUT2D eigenvalue weighted by Gasteiger charge is 2.15. The summed E-state index contributed by atoms with van der Waals surface area (Å²) in [6.45, 7) is 3.89. The molecule has 132 valence electrons. The Balaban J connectivity index is 1.99. The van der Waals surface area contributed by atoms with Gasteiger partial charge in [0.15, 0.2) is 0 Å². The van der Waals surface area contributed by atoms with Crippen molar-refractivity contribution < 1.29 is 9.59 Å². The smallest absolute Gasteiger partial charge is 0.246 e. The summed E-state index contributed by atoms with van der Waals surface area (Å²) >= 11 is 1.35. The first-order valence-corrected chi connectivity index (χ1v) is 9.14. The van der Waals surface area contributed by atoms with Crippen LogP contribution < -0.4 is 16.4 Å². The number of carbonyl (C=O) groups is 2. The molecule has 0 aliphatic heterocycles. The number of thioether (sulfide) groups is 1. The maximum Gasteiger partial charge on any atom is 0.246 e. The lowest BCUT2D eigenvalue weighted by atomic mass is 10.1. The number of amides is 2. The van der Waals surface area contributed by atoms with Crippen LogP contribution in [0.4, 0.5) is 11.4 Å². The molecule has 0 aliphatic carbocycles.